The van der Waals surface area contributed by atoms with Gasteiger partial charge in [-0.3, -0.25) is 14.4 Å². The first kappa shape index (κ1) is 17.8. The fourth-order valence-corrected chi connectivity index (χ4v) is 5.17. The van der Waals surface area contributed by atoms with Crippen molar-refractivity contribution >= 4 is 39.4 Å². The molecule has 1 N–H and O–H groups in total. The van der Waals surface area contributed by atoms with Crippen molar-refractivity contribution in [2.24, 2.45) is 7.05 Å². The molecule has 3 heterocycles. The second-order valence-electron chi connectivity index (χ2n) is 6.36. The fraction of sp³-hybridized carbons (Fsp3) is 0.263. The maximum absolute atomic E-state index is 13.1. The highest BCUT2D eigenvalue weighted by Crippen LogP contribution is 2.39. The van der Waals surface area contributed by atoms with Crippen molar-refractivity contribution in [3.63, 3.8) is 0 Å². The molecule has 1 aliphatic rings. The molecule has 0 aromatic carbocycles. The number of hydrogen-bond donors (Lipinski definition) is 1. The van der Waals surface area contributed by atoms with Gasteiger partial charge in [0, 0.05) is 18.0 Å². The SMILES string of the molecule is Cn1nc(C(=O)Nc2sc3c(c2C(=O)c2cccs2)CCCC3)ccc1=O. The molecule has 138 valence electrons. The zero-order valence-corrected chi connectivity index (χ0v) is 16.3. The summed E-state index contributed by atoms with van der Waals surface area (Å²) in [4.78, 5) is 39.1. The number of amides is 1. The summed E-state index contributed by atoms with van der Waals surface area (Å²) in [6.07, 6.45) is 3.92. The quantitative estimate of drug-likeness (QED) is 0.683. The molecule has 1 aliphatic carbocycles. The van der Waals surface area contributed by atoms with E-state index in [0.717, 1.165) is 35.9 Å². The van der Waals surface area contributed by atoms with Gasteiger partial charge in [-0.15, -0.1) is 22.7 Å². The molecule has 1 amide bonds. The molecule has 27 heavy (non-hydrogen) atoms. The zero-order valence-electron chi connectivity index (χ0n) is 14.7. The van der Waals surface area contributed by atoms with Gasteiger partial charge in [-0.1, -0.05) is 6.07 Å². The highest BCUT2D eigenvalue weighted by atomic mass is 32.1. The molecular weight excluding hydrogens is 382 g/mol. The fourth-order valence-electron chi connectivity index (χ4n) is 3.22. The van der Waals surface area contributed by atoms with Gasteiger partial charge in [0.1, 0.15) is 10.7 Å². The van der Waals surface area contributed by atoms with Crippen LogP contribution >= 0.6 is 22.7 Å². The number of aromatic nitrogens is 2. The van der Waals surface area contributed by atoms with Crippen molar-refractivity contribution in [3.8, 4) is 0 Å². The van der Waals surface area contributed by atoms with Crippen molar-refractivity contribution in [2.45, 2.75) is 25.7 Å². The number of nitrogens with one attached hydrogen (secondary N) is 1. The number of carbonyl (C=O) groups is 2. The van der Waals surface area contributed by atoms with E-state index in [2.05, 4.69) is 10.4 Å². The number of aryl methyl sites for hydroxylation is 2. The zero-order chi connectivity index (χ0) is 19.0. The first-order valence-electron chi connectivity index (χ1n) is 8.63. The average Bonchev–Trinajstić information content (AvgIpc) is 3.31. The Morgan fingerprint density at radius 1 is 1.19 bits per heavy atom. The highest BCUT2D eigenvalue weighted by molar-refractivity contribution is 7.17. The van der Waals surface area contributed by atoms with Crippen LogP contribution in [0.2, 0.25) is 0 Å². The van der Waals surface area contributed by atoms with Crippen molar-refractivity contribution in [1.82, 2.24) is 9.78 Å². The number of anilines is 1. The van der Waals surface area contributed by atoms with E-state index in [1.807, 2.05) is 11.4 Å². The van der Waals surface area contributed by atoms with Crippen LogP contribution in [0.25, 0.3) is 0 Å². The van der Waals surface area contributed by atoms with Gasteiger partial charge < -0.3 is 5.32 Å². The molecule has 0 atom stereocenters. The van der Waals surface area contributed by atoms with Gasteiger partial charge in [0.25, 0.3) is 11.5 Å². The maximum atomic E-state index is 13.1. The predicted molar refractivity (Wildman–Crippen MR) is 106 cm³/mol. The van der Waals surface area contributed by atoms with E-state index in [4.69, 9.17) is 0 Å². The Balaban J connectivity index is 1.72. The smallest absolute Gasteiger partial charge is 0.276 e. The number of rotatable bonds is 4. The molecule has 0 fully saturated rings. The van der Waals surface area contributed by atoms with Crippen LogP contribution in [0.5, 0.6) is 0 Å². The largest absolute Gasteiger partial charge is 0.312 e. The first-order valence-corrected chi connectivity index (χ1v) is 10.3. The maximum Gasteiger partial charge on any atom is 0.276 e. The monoisotopic (exact) mass is 399 g/mol. The summed E-state index contributed by atoms with van der Waals surface area (Å²) in [5.74, 6) is -0.474. The molecule has 6 nitrogen and oxygen atoms in total. The van der Waals surface area contributed by atoms with E-state index in [9.17, 15) is 14.4 Å². The van der Waals surface area contributed by atoms with Crippen molar-refractivity contribution < 1.29 is 9.59 Å². The molecule has 0 saturated heterocycles. The van der Waals surface area contributed by atoms with Crippen LogP contribution < -0.4 is 10.9 Å². The number of fused-ring (bicyclic) bond motifs is 1. The van der Waals surface area contributed by atoms with Crippen LogP contribution in [0, 0.1) is 0 Å². The third-order valence-electron chi connectivity index (χ3n) is 4.56. The summed E-state index contributed by atoms with van der Waals surface area (Å²) in [7, 11) is 1.49. The minimum Gasteiger partial charge on any atom is -0.312 e. The summed E-state index contributed by atoms with van der Waals surface area (Å²) in [6.45, 7) is 0. The Bertz CT molecular complexity index is 1080. The Labute approximate surface area is 163 Å². The van der Waals surface area contributed by atoms with Gasteiger partial charge in [0.15, 0.2) is 0 Å². The molecule has 8 heteroatoms. The Kier molecular flexibility index (Phi) is 4.75. The summed E-state index contributed by atoms with van der Waals surface area (Å²) in [5.41, 5.74) is 1.52. The minimum absolute atomic E-state index is 0.0480. The Morgan fingerprint density at radius 2 is 2.00 bits per heavy atom. The second kappa shape index (κ2) is 7.21. The number of nitrogens with zero attached hydrogens (tertiary/aromatic N) is 2. The van der Waals surface area contributed by atoms with Gasteiger partial charge >= 0.3 is 0 Å². The molecule has 0 unspecified atom stereocenters. The molecule has 0 aliphatic heterocycles. The van der Waals surface area contributed by atoms with Crippen LogP contribution in [0.1, 0.15) is 49.0 Å². The summed E-state index contributed by atoms with van der Waals surface area (Å²) in [5, 5.41) is 9.29. The molecule has 4 rings (SSSR count). The summed E-state index contributed by atoms with van der Waals surface area (Å²) < 4.78 is 1.12. The van der Waals surface area contributed by atoms with E-state index in [1.165, 1.54) is 46.7 Å². The third kappa shape index (κ3) is 3.38. The van der Waals surface area contributed by atoms with Gasteiger partial charge in [-0.25, -0.2) is 4.68 Å². The van der Waals surface area contributed by atoms with Gasteiger partial charge in [0.05, 0.1) is 10.4 Å². The molecule has 3 aromatic rings. The number of carbonyl (C=O) groups excluding carboxylic acids is 2. The van der Waals surface area contributed by atoms with Crippen molar-refractivity contribution in [2.75, 3.05) is 5.32 Å². The third-order valence-corrected chi connectivity index (χ3v) is 6.64. The topological polar surface area (TPSA) is 81.1 Å². The van der Waals surface area contributed by atoms with Crippen LogP contribution in [-0.4, -0.2) is 21.5 Å². The van der Waals surface area contributed by atoms with Crippen molar-refractivity contribution in [1.29, 1.82) is 0 Å². The van der Waals surface area contributed by atoms with E-state index in [1.54, 1.807) is 6.07 Å². The summed E-state index contributed by atoms with van der Waals surface area (Å²) >= 11 is 2.87. The molecule has 0 spiro atoms. The lowest BCUT2D eigenvalue weighted by atomic mass is 9.93. The van der Waals surface area contributed by atoms with Gasteiger partial charge in [-0.2, -0.15) is 5.10 Å². The molecule has 0 radical (unpaired) electrons. The van der Waals surface area contributed by atoms with Crippen LogP contribution in [-0.2, 0) is 19.9 Å². The van der Waals surface area contributed by atoms with Crippen LogP contribution in [0.3, 0.4) is 0 Å². The normalized spacial score (nSPS) is 13.2. The van der Waals surface area contributed by atoms with E-state index >= 15 is 0 Å². The Hall–Kier alpha value is -2.58. The number of thiophene rings is 2. The van der Waals surface area contributed by atoms with Crippen LogP contribution in [0.4, 0.5) is 5.00 Å². The summed E-state index contributed by atoms with van der Waals surface area (Å²) in [6, 6.07) is 6.36. The first-order chi connectivity index (χ1) is 13.0. The van der Waals surface area contributed by atoms with Crippen LogP contribution in [0.15, 0.2) is 34.4 Å². The highest BCUT2D eigenvalue weighted by Gasteiger charge is 2.27. The minimum atomic E-state index is -0.426. The predicted octanol–water partition coefficient (Wildman–Crippen LogP) is 3.27. The lowest BCUT2D eigenvalue weighted by molar-refractivity contribution is 0.102. The number of hydrogen-bond acceptors (Lipinski definition) is 6. The Morgan fingerprint density at radius 3 is 2.74 bits per heavy atom. The van der Waals surface area contributed by atoms with Gasteiger partial charge in [0.2, 0.25) is 5.78 Å². The molecule has 0 bridgehead atoms. The van der Waals surface area contributed by atoms with Gasteiger partial charge in [-0.05, 0) is 48.8 Å². The standard InChI is InChI=1S/C19H17N3O3S2/c1-22-15(23)9-8-12(21-22)18(25)20-19-16(17(24)14-7-4-10-26-14)11-5-2-3-6-13(11)27-19/h4,7-10H,2-3,5-6H2,1H3,(H,20,25). The average molecular weight is 399 g/mol. The van der Waals surface area contributed by atoms with E-state index in [-0.39, 0.29) is 17.0 Å². The number of ketones is 1. The van der Waals surface area contributed by atoms with E-state index in [0.29, 0.717) is 15.4 Å². The molecule has 3 aromatic heterocycles. The van der Waals surface area contributed by atoms with Crippen molar-refractivity contribution in [3.05, 3.63) is 66.6 Å². The van der Waals surface area contributed by atoms with E-state index < -0.39 is 5.91 Å². The lowest BCUT2D eigenvalue weighted by Crippen LogP contribution is -2.23. The lowest BCUT2D eigenvalue weighted by Gasteiger charge is -2.12. The molecular formula is C19H17N3O3S2. The second-order valence-corrected chi connectivity index (χ2v) is 8.41. The molecule has 0 saturated carbocycles.